The highest BCUT2D eigenvalue weighted by molar-refractivity contribution is 6.24. The van der Waals surface area contributed by atoms with Gasteiger partial charge in [0, 0.05) is 17.3 Å². The molecule has 0 amide bonds. The molecule has 0 saturated carbocycles. The summed E-state index contributed by atoms with van der Waals surface area (Å²) in [6.45, 7) is 0.639. The highest BCUT2D eigenvalue weighted by Crippen LogP contribution is 2.30. The number of rotatable bonds is 4. The Morgan fingerprint density at radius 2 is 2.05 bits per heavy atom. The van der Waals surface area contributed by atoms with Gasteiger partial charge in [-0.1, -0.05) is 0 Å². The molecule has 20 heavy (non-hydrogen) atoms. The molecule has 1 heterocycles. The largest absolute Gasteiger partial charge is 0.492 e. The molecule has 0 radical (unpaired) electrons. The van der Waals surface area contributed by atoms with E-state index in [9.17, 15) is 19.5 Å². The van der Waals surface area contributed by atoms with E-state index in [0.29, 0.717) is 5.69 Å². The number of fused-ring (bicyclic) bond motifs is 1. The Balaban J connectivity index is 2.73. The smallest absolute Gasteiger partial charge is 0.323 e. The van der Waals surface area contributed by atoms with Gasteiger partial charge in [-0.2, -0.15) is 0 Å². The number of Topliss-reactive ketones (excluding diaryl/α,β-unsaturated/α-hetero) is 1. The van der Waals surface area contributed by atoms with Crippen molar-refractivity contribution < 1.29 is 29.3 Å². The number of allylic oxidation sites excluding steroid dienone is 2. The third-order valence-corrected chi connectivity index (χ3v) is 3.27. The Bertz CT molecular complexity index is 652. The van der Waals surface area contributed by atoms with Crippen molar-refractivity contribution in [1.29, 1.82) is 0 Å². The van der Waals surface area contributed by atoms with E-state index in [4.69, 9.17) is 9.84 Å². The molecule has 0 atom stereocenters. The maximum atomic E-state index is 12.2. The first-order valence-corrected chi connectivity index (χ1v) is 5.81. The van der Waals surface area contributed by atoms with Crippen LogP contribution in [-0.4, -0.2) is 39.4 Å². The number of carboxylic acids is 1. The SMILES string of the molecule is COC1=CC(=O)c2c(c(CO)c(C)n2CC(=O)O)C1=O. The predicted octanol–water partition coefficient (Wildman–Crippen LogP) is 0.283. The molecule has 0 unspecified atom stereocenters. The van der Waals surface area contributed by atoms with Crippen molar-refractivity contribution in [1.82, 2.24) is 4.57 Å². The molecular formula is C13H13NO6. The van der Waals surface area contributed by atoms with E-state index in [1.807, 2.05) is 0 Å². The van der Waals surface area contributed by atoms with Gasteiger partial charge < -0.3 is 19.5 Å². The van der Waals surface area contributed by atoms with Crippen LogP contribution in [0.15, 0.2) is 11.8 Å². The van der Waals surface area contributed by atoms with Gasteiger partial charge in [-0.25, -0.2) is 0 Å². The second kappa shape index (κ2) is 4.93. The van der Waals surface area contributed by atoms with Crippen molar-refractivity contribution in [3.05, 3.63) is 34.3 Å². The summed E-state index contributed by atoms with van der Waals surface area (Å²) in [6.07, 6.45) is 1.03. The van der Waals surface area contributed by atoms with Gasteiger partial charge in [0.2, 0.25) is 11.6 Å². The fourth-order valence-corrected chi connectivity index (χ4v) is 2.34. The van der Waals surface area contributed by atoms with Gasteiger partial charge in [-0.15, -0.1) is 0 Å². The lowest BCUT2D eigenvalue weighted by Gasteiger charge is -2.13. The number of aromatic nitrogens is 1. The van der Waals surface area contributed by atoms with Crippen LogP contribution in [0.4, 0.5) is 0 Å². The van der Waals surface area contributed by atoms with Crippen LogP contribution in [-0.2, 0) is 22.7 Å². The summed E-state index contributed by atoms with van der Waals surface area (Å²) < 4.78 is 6.07. The maximum absolute atomic E-state index is 12.2. The molecule has 0 bridgehead atoms. The number of carboxylic acid groups (broad SMARTS) is 1. The van der Waals surface area contributed by atoms with Crippen LogP contribution in [0.25, 0.3) is 0 Å². The van der Waals surface area contributed by atoms with Gasteiger partial charge in [0.1, 0.15) is 12.2 Å². The lowest BCUT2D eigenvalue weighted by molar-refractivity contribution is -0.137. The average Bonchev–Trinajstić information content (AvgIpc) is 2.67. The van der Waals surface area contributed by atoms with Crippen LogP contribution < -0.4 is 0 Å². The zero-order valence-electron chi connectivity index (χ0n) is 11.0. The summed E-state index contributed by atoms with van der Waals surface area (Å²) in [5.41, 5.74) is 0.643. The third kappa shape index (κ3) is 1.92. The first-order chi connectivity index (χ1) is 9.42. The Labute approximate surface area is 114 Å². The summed E-state index contributed by atoms with van der Waals surface area (Å²) in [7, 11) is 1.27. The van der Waals surface area contributed by atoms with E-state index in [-0.39, 0.29) is 22.6 Å². The number of carbonyl (C=O) groups excluding carboxylic acids is 2. The molecule has 0 fully saturated rings. The van der Waals surface area contributed by atoms with Gasteiger partial charge in [-0.05, 0) is 6.92 Å². The Morgan fingerprint density at radius 1 is 1.40 bits per heavy atom. The lowest BCUT2D eigenvalue weighted by atomic mass is 9.96. The molecule has 1 aliphatic rings. The first-order valence-electron chi connectivity index (χ1n) is 5.81. The molecule has 7 nitrogen and oxygen atoms in total. The molecule has 0 aromatic carbocycles. The van der Waals surface area contributed by atoms with E-state index < -0.39 is 30.7 Å². The molecule has 0 saturated heterocycles. The maximum Gasteiger partial charge on any atom is 0.323 e. The number of aliphatic hydroxyl groups excluding tert-OH is 1. The van der Waals surface area contributed by atoms with Crippen molar-refractivity contribution in [2.75, 3.05) is 7.11 Å². The van der Waals surface area contributed by atoms with Crippen molar-refractivity contribution in [2.45, 2.75) is 20.1 Å². The Morgan fingerprint density at radius 3 is 2.55 bits per heavy atom. The summed E-state index contributed by atoms with van der Waals surface area (Å²) in [5, 5.41) is 18.3. The first kappa shape index (κ1) is 14.0. The minimum Gasteiger partial charge on any atom is -0.492 e. The molecule has 0 aliphatic heterocycles. The number of carbonyl (C=O) groups is 3. The minimum absolute atomic E-state index is 0.0141. The molecule has 0 spiro atoms. The monoisotopic (exact) mass is 279 g/mol. The molecule has 2 rings (SSSR count). The van der Waals surface area contributed by atoms with Gasteiger partial charge in [-0.3, -0.25) is 14.4 Å². The minimum atomic E-state index is -1.14. The highest BCUT2D eigenvalue weighted by Gasteiger charge is 2.35. The normalized spacial score (nSPS) is 14.1. The number of nitrogens with zero attached hydrogens (tertiary/aromatic N) is 1. The van der Waals surface area contributed by atoms with E-state index >= 15 is 0 Å². The summed E-state index contributed by atoms with van der Waals surface area (Å²) in [5.74, 6) is -2.30. The Kier molecular flexibility index (Phi) is 3.46. The standard InChI is InChI=1S/C13H13NO6/c1-6-7(5-15)11-12(14(6)4-10(17)18)8(16)3-9(20-2)13(11)19/h3,15H,4-5H2,1-2H3,(H,17,18). The van der Waals surface area contributed by atoms with Crippen LogP contribution in [0.5, 0.6) is 0 Å². The van der Waals surface area contributed by atoms with Crippen LogP contribution in [0.2, 0.25) is 0 Å². The van der Waals surface area contributed by atoms with E-state index in [1.165, 1.54) is 11.7 Å². The topological polar surface area (TPSA) is 106 Å². The summed E-state index contributed by atoms with van der Waals surface area (Å²) in [6, 6.07) is 0. The van der Waals surface area contributed by atoms with E-state index in [0.717, 1.165) is 6.08 Å². The molecule has 1 aliphatic carbocycles. The third-order valence-electron chi connectivity index (χ3n) is 3.27. The second-order valence-corrected chi connectivity index (χ2v) is 4.33. The number of aliphatic carboxylic acids is 1. The zero-order chi connectivity index (χ0) is 15.0. The number of ether oxygens (including phenoxy) is 1. The van der Waals surface area contributed by atoms with E-state index in [2.05, 4.69) is 0 Å². The van der Waals surface area contributed by atoms with Crippen molar-refractivity contribution in [2.24, 2.45) is 0 Å². The fourth-order valence-electron chi connectivity index (χ4n) is 2.34. The Hall–Kier alpha value is -2.41. The number of hydrogen-bond acceptors (Lipinski definition) is 5. The molecular weight excluding hydrogens is 266 g/mol. The van der Waals surface area contributed by atoms with Crippen molar-refractivity contribution in [3.8, 4) is 0 Å². The van der Waals surface area contributed by atoms with Gasteiger partial charge >= 0.3 is 5.97 Å². The number of aliphatic hydroxyl groups is 1. The molecule has 2 N–H and O–H groups in total. The molecule has 106 valence electrons. The van der Waals surface area contributed by atoms with Crippen LogP contribution in [0.3, 0.4) is 0 Å². The number of ketones is 2. The van der Waals surface area contributed by atoms with E-state index in [1.54, 1.807) is 6.92 Å². The summed E-state index contributed by atoms with van der Waals surface area (Å²) in [4.78, 5) is 35.2. The summed E-state index contributed by atoms with van der Waals surface area (Å²) >= 11 is 0. The predicted molar refractivity (Wildman–Crippen MR) is 66.5 cm³/mol. The average molecular weight is 279 g/mol. The van der Waals surface area contributed by atoms with Crippen molar-refractivity contribution >= 4 is 17.5 Å². The number of methoxy groups -OCH3 is 1. The quantitative estimate of drug-likeness (QED) is 0.820. The zero-order valence-corrected chi connectivity index (χ0v) is 11.0. The number of hydrogen-bond donors (Lipinski definition) is 2. The van der Waals surface area contributed by atoms with Gasteiger partial charge in [0.05, 0.1) is 19.3 Å². The molecule has 7 heteroatoms. The van der Waals surface area contributed by atoms with Crippen LogP contribution in [0.1, 0.15) is 32.1 Å². The van der Waals surface area contributed by atoms with Gasteiger partial charge in [0.15, 0.2) is 5.76 Å². The van der Waals surface area contributed by atoms with Crippen molar-refractivity contribution in [3.63, 3.8) is 0 Å². The molecule has 1 aromatic rings. The van der Waals surface area contributed by atoms with Gasteiger partial charge in [0.25, 0.3) is 0 Å². The lowest BCUT2D eigenvalue weighted by Crippen LogP contribution is -2.22. The fraction of sp³-hybridized carbons (Fsp3) is 0.308. The second-order valence-electron chi connectivity index (χ2n) is 4.33. The van der Waals surface area contributed by atoms with Crippen LogP contribution >= 0.6 is 0 Å². The highest BCUT2D eigenvalue weighted by atomic mass is 16.5. The van der Waals surface area contributed by atoms with Crippen LogP contribution in [0, 0.1) is 6.92 Å². The molecule has 1 aromatic heterocycles.